The topological polar surface area (TPSA) is 17.3 Å². The number of hydrogen-bond acceptors (Lipinski definition) is 1. The summed E-state index contributed by atoms with van der Waals surface area (Å²) in [6.07, 6.45) is 2.06. The van der Waals surface area contributed by atoms with Crippen molar-refractivity contribution in [3.05, 3.63) is 58.9 Å². The number of halogens is 1. The first-order chi connectivity index (χ1) is 8.65. The summed E-state index contributed by atoms with van der Waals surface area (Å²) in [5, 5.41) is 0.547. The molecule has 0 bridgehead atoms. The predicted molar refractivity (Wildman–Crippen MR) is 75.1 cm³/mol. The van der Waals surface area contributed by atoms with Gasteiger partial charge in [-0.3, -0.25) is 4.40 Å². The number of aromatic nitrogens is 2. The van der Waals surface area contributed by atoms with Crippen LogP contribution in [0.25, 0.3) is 16.9 Å². The van der Waals surface area contributed by atoms with E-state index in [0.717, 1.165) is 16.9 Å². The molecule has 2 heterocycles. The molecule has 0 aliphatic rings. The Balaban J connectivity index is 2.28. The van der Waals surface area contributed by atoms with Gasteiger partial charge in [0.25, 0.3) is 0 Å². The Morgan fingerprint density at radius 3 is 2.33 bits per heavy atom. The molecular weight excluding hydrogens is 244 g/mol. The van der Waals surface area contributed by atoms with E-state index in [1.165, 1.54) is 11.1 Å². The fraction of sp³-hybridized carbons (Fsp3) is 0.133. The summed E-state index contributed by atoms with van der Waals surface area (Å²) >= 11 is 6.18. The van der Waals surface area contributed by atoms with E-state index < -0.39 is 0 Å². The Morgan fingerprint density at radius 1 is 0.944 bits per heavy atom. The summed E-state index contributed by atoms with van der Waals surface area (Å²) in [5.41, 5.74) is 4.44. The van der Waals surface area contributed by atoms with E-state index in [1.54, 1.807) is 0 Å². The van der Waals surface area contributed by atoms with Crippen LogP contribution >= 0.6 is 11.6 Å². The highest BCUT2D eigenvalue weighted by molar-refractivity contribution is 6.32. The zero-order valence-electron chi connectivity index (χ0n) is 10.3. The normalized spacial score (nSPS) is 11.1. The minimum atomic E-state index is 0.547. The average molecular weight is 257 g/mol. The Hall–Kier alpha value is -1.80. The molecule has 3 rings (SSSR count). The van der Waals surface area contributed by atoms with Crippen molar-refractivity contribution in [2.24, 2.45) is 0 Å². The molecule has 0 spiro atoms. The Morgan fingerprint density at radius 2 is 1.61 bits per heavy atom. The molecule has 18 heavy (non-hydrogen) atoms. The van der Waals surface area contributed by atoms with E-state index in [-0.39, 0.29) is 0 Å². The molecular formula is C15H13ClN2. The van der Waals surface area contributed by atoms with Crippen LogP contribution in [0.15, 0.2) is 42.6 Å². The molecule has 2 nitrogen and oxygen atoms in total. The molecule has 0 saturated heterocycles. The highest BCUT2D eigenvalue weighted by Crippen LogP contribution is 2.26. The smallest absolute Gasteiger partial charge is 0.155 e. The number of rotatable bonds is 1. The molecule has 0 fully saturated rings. The van der Waals surface area contributed by atoms with Gasteiger partial charge in [0.2, 0.25) is 0 Å². The Kier molecular flexibility index (Phi) is 2.60. The SMILES string of the molecule is Cc1ccc(-c2nc(Cl)c3ccc(C)cn23)cc1. The molecule has 2 aromatic heterocycles. The maximum Gasteiger partial charge on any atom is 0.155 e. The summed E-state index contributed by atoms with van der Waals surface area (Å²) < 4.78 is 2.04. The quantitative estimate of drug-likeness (QED) is 0.636. The third-order valence-electron chi connectivity index (χ3n) is 3.05. The van der Waals surface area contributed by atoms with Crippen molar-refractivity contribution in [3.63, 3.8) is 0 Å². The van der Waals surface area contributed by atoms with Crippen LogP contribution in [0.4, 0.5) is 0 Å². The number of hydrogen-bond donors (Lipinski definition) is 0. The van der Waals surface area contributed by atoms with Crippen molar-refractivity contribution in [1.29, 1.82) is 0 Å². The molecule has 0 aliphatic carbocycles. The first-order valence-electron chi connectivity index (χ1n) is 5.86. The Labute approximate surface area is 111 Å². The summed E-state index contributed by atoms with van der Waals surface area (Å²) in [5.74, 6) is 0.888. The van der Waals surface area contributed by atoms with Gasteiger partial charge in [0.1, 0.15) is 5.82 Å². The first kappa shape index (κ1) is 11.3. The van der Waals surface area contributed by atoms with E-state index >= 15 is 0 Å². The molecule has 0 unspecified atom stereocenters. The molecule has 90 valence electrons. The Bertz CT molecular complexity index is 711. The summed E-state index contributed by atoms with van der Waals surface area (Å²) in [6, 6.07) is 12.4. The predicted octanol–water partition coefficient (Wildman–Crippen LogP) is 4.27. The highest BCUT2D eigenvalue weighted by Gasteiger charge is 2.10. The third kappa shape index (κ3) is 1.79. The second-order valence-electron chi connectivity index (χ2n) is 4.55. The van der Waals surface area contributed by atoms with Gasteiger partial charge in [-0.1, -0.05) is 47.5 Å². The van der Waals surface area contributed by atoms with Crippen LogP contribution in [0.2, 0.25) is 5.15 Å². The van der Waals surface area contributed by atoms with Crippen molar-refractivity contribution >= 4 is 17.1 Å². The van der Waals surface area contributed by atoms with Crippen molar-refractivity contribution in [3.8, 4) is 11.4 Å². The number of fused-ring (bicyclic) bond motifs is 1. The number of aryl methyl sites for hydroxylation is 2. The lowest BCUT2D eigenvalue weighted by Gasteiger charge is -2.03. The van der Waals surface area contributed by atoms with Gasteiger partial charge in [-0.2, -0.15) is 0 Å². The van der Waals surface area contributed by atoms with Crippen LogP contribution in [0.5, 0.6) is 0 Å². The van der Waals surface area contributed by atoms with Crippen LogP contribution < -0.4 is 0 Å². The average Bonchev–Trinajstić information content (AvgIpc) is 2.67. The lowest BCUT2D eigenvalue weighted by atomic mass is 10.1. The molecule has 0 saturated carbocycles. The van der Waals surface area contributed by atoms with Crippen LogP contribution in [-0.4, -0.2) is 9.38 Å². The van der Waals surface area contributed by atoms with Crippen LogP contribution in [0, 0.1) is 13.8 Å². The van der Waals surface area contributed by atoms with E-state index in [1.807, 2.05) is 16.5 Å². The first-order valence-corrected chi connectivity index (χ1v) is 6.24. The number of nitrogens with zero attached hydrogens (tertiary/aromatic N) is 2. The number of pyridine rings is 1. The number of imidazole rings is 1. The minimum Gasteiger partial charge on any atom is -0.298 e. The molecule has 0 N–H and O–H groups in total. The van der Waals surface area contributed by atoms with Gasteiger partial charge < -0.3 is 0 Å². The van der Waals surface area contributed by atoms with Gasteiger partial charge >= 0.3 is 0 Å². The van der Waals surface area contributed by atoms with Gasteiger partial charge in [0, 0.05) is 11.8 Å². The molecule has 1 aromatic carbocycles. The van der Waals surface area contributed by atoms with Crippen molar-refractivity contribution in [1.82, 2.24) is 9.38 Å². The monoisotopic (exact) mass is 256 g/mol. The maximum absolute atomic E-state index is 6.18. The summed E-state index contributed by atoms with van der Waals surface area (Å²) in [6.45, 7) is 4.14. The van der Waals surface area contributed by atoms with Crippen molar-refractivity contribution < 1.29 is 0 Å². The fourth-order valence-corrected chi connectivity index (χ4v) is 2.29. The van der Waals surface area contributed by atoms with E-state index in [2.05, 4.69) is 49.3 Å². The second-order valence-corrected chi connectivity index (χ2v) is 4.91. The van der Waals surface area contributed by atoms with Gasteiger partial charge in [-0.25, -0.2) is 4.98 Å². The largest absolute Gasteiger partial charge is 0.298 e. The van der Waals surface area contributed by atoms with E-state index in [9.17, 15) is 0 Å². The van der Waals surface area contributed by atoms with Gasteiger partial charge in [0.15, 0.2) is 5.15 Å². The summed E-state index contributed by atoms with van der Waals surface area (Å²) in [7, 11) is 0. The lowest BCUT2D eigenvalue weighted by molar-refractivity contribution is 1.14. The van der Waals surface area contributed by atoms with E-state index in [4.69, 9.17) is 11.6 Å². The molecule has 3 aromatic rings. The standard InChI is InChI=1S/C15H13ClN2/c1-10-3-6-12(7-4-10)15-17-14(16)13-8-5-11(2)9-18(13)15/h3-9H,1-2H3. The zero-order chi connectivity index (χ0) is 12.7. The molecule has 0 amide bonds. The molecule has 0 atom stereocenters. The van der Waals surface area contributed by atoms with Gasteiger partial charge in [0.05, 0.1) is 5.52 Å². The third-order valence-corrected chi connectivity index (χ3v) is 3.33. The molecule has 0 aliphatic heterocycles. The highest BCUT2D eigenvalue weighted by atomic mass is 35.5. The van der Waals surface area contributed by atoms with Crippen molar-refractivity contribution in [2.45, 2.75) is 13.8 Å². The van der Waals surface area contributed by atoms with Crippen LogP contribution in [0.3, 0.4) is 0 Å². The van der Waals surface area contributed by atoms with Crippen LogP contribution in [-0.2, 0) is 0 Å². The molecule has 0 radical (unpaired) electrons. The van der Waals surface area contributed by atoms with Crippen LogP contribution in [0.1, 0.15) is 11.1 Å². The number of benzene rings is 1. The second kappa shape index (κ2) is 4.14. The maximum atomic E-state index is 6.18. The fourth-order valence-electron chi connectivity index (χ4n) is 2.06. The van der Waals surface area contributed by atoms with Gasteiger partial charge in [-0.15, -0.1) is 0 Å². The minimum absolute atomic E-state index is 0.547. The van der Waals surface area contributed by atoms with Gasteiger partial charge in [-0.05, 0) is 25.5 Å². The van der Waals surface area contributed by atoms with Crippen molar-refractivity contribution in [2.75, 3.05) is 0 Å². The summed E-state index contributed by atoms with van der Waals surface area (Å²) in [4.78, 5) is 4.46. The molecule has 3 heteroatoms. The zero-order valence-corrected chi connectivity index (χ0v) is 11.1. The lowest BCUT2D eigenvalue weighted by Crippen LogP contribution is -1.90. The van der Waals surface area contributed by atoms with E-state index in [0.29, 0.717) is 5.15 Å².